The van der Waals surface area contributed by atoms with Gasteiger partial charge in [0.25, 0.3) is 0 Å². The molecule has 0 atom stereocenters. The topological polar surface area (TPSA) is 142 Å². The summed E-state index contributed by atoms with van der Waals surface area (Å²) in [7, 11) is 0. The zero-order valence-corrected chi connectivity index (χ0v) is 39.8. The summed E-state index contributed by atoms with van der Waals surface area (Å²) in [5.74, 6) is 0.351. The summed E-state index contributed by atoms with van der Waals surface area (Å²) in [6.07, 6.45) is -3.16. The fraction of sp³-hybridized carbons (Fsp3) is 0.0154. The zero-order valence-electron chi connectivity index (χ0n) is 39.8. The van der Waals surface area contributed by atoms with Gasteiger partial charge in [-0.3, -0.25) is 4.57 Å². The van der Waals surface area contributed by atoms with E-state index in [0.29, 0.717) is 50.4 Å². The van der Waals surface area contributed by atoms with Crippen molar-refractivity contribution < 1.29 is 13.2 Å². The Hall–Kier alpha value is -11.0. The first-order valence-electron chi connectivity index (χ1n) is 23.8. The van der Waals surface area contributed by atoms with E-state index < -0.39 is 11.7 Å². The summed E-state index contributed by atoms with van der Waals surface area (Å²) >= 11 is 0. The Morgan fingerprint density at radius 2 is 0.684 bits per heavy atom. The van der Waals surface area contributed by atoms with Gasteiger partial charge < -0.3 is 4.57 Å². The van der Waals surface area contributed by atoms with Crippen molar-refractivity contribution in [1.29, 1.82) is 26.3 Å². The molecule has 0 spiro atoms. The number of fused-ring (bicyclic) bond motifs is 6. The van der Waals surface area contributed by atoms with E-state index in [1.54, 1.807) is 48.7 Å². The van der Waals surface area contributed by atoms with Crippen LogP contribution in [0.5, 0.6) is 0 Å². The van der Waals surface area contributed by atoms with Crippen molar-refractivity contribution in [3.8, 4) is 97.5 Å². The summed E-state index contributed by atoms with van der Waals surface area (Å²) in [5.41, 5.74) is 10.7. The number of aromatic nitrogens is 3. The average molecular weight is 983 g/mol. The van der Waals surface area contributed by atoms with Crippen LogP contribution in [0.1, 0.15) is 33.4 Å². The molecule has 9 aromatic carbocycles. The number of alkyl halides is 3. The summed E-state index contributed by atoms with van der Waals surface area (Å²) in [4.78, 5) is 5.25. The van der Waals surface area contributed by atoms with Gasteiger partial charge in [-0.1, -0.05) is 97.1 Å². The third-order valence-electron chi connectivity index (χ3n) is 13.9. The van der Waals surface area contributed by atoms with Crippen LogP contribution in [0.3, 0.4) is 0 Å². The van der Waals surface area contributed by atoms with Crippen LogP contribution in [0.4, 0.5) is 13.2 Å². The normalized spacial score (nSPS) is 11.3. The van der Waals surface area contributed by atoms with Crippen LogP contribution < -0.4 is 0 Å². The van der Waals surface area contributed by atoms with Gasteiger partial charge in [-0.15, -0.1) is 0 Å². The maximum atomic E-state index is 15.0. The number of nitriles is 5. The van der Waals surface area contributed by atoms with Crippen LogP contribution in [0, 0.1) is 56.7 Å². The van der Waals surface area contributed by atoms with Gasteiger partial charge in [-0.05, 0) is 147 Å². The SMILES string of the molecule is N#Cc1cccc(-c2ccc3c4ccc(-c5cccc(C#N)c5)cc4n(-c4cc(-c5cc(C#N)cc(C(F)(F)F)c5)c(-n5c6cc(-c7cccc(C#N)c7)ccc6c6ccc(-c7cccc(C#N)c7)cc65)cn4)c3c2)c1. The summed E-state index contributed by atoms with van der Waals surface area (Å²) in [6, 6.07) is 68.9. The zero-order chi connectivity index (χ0) is 52.2. The van der Waals surface area contributed by atoms with Crippen LogP contribution in [0.2, 0.25) is 0 Å². The number of nitrogens with zero attached hydrogens (tertiary/aromatic N) is 8. The molecule has 8 nitrogen and oxygen atoms in total. The summed E-state index contributed by atoms with van der Waals surface area (Å²) in [6.45, 7) is 0. The second-order valence-electron chi connectivity index (χ2n) is 18.3. The molecule has 76 heavy (non-hydrogen) atoms. The molecule has 0 bridgehead atoms. The Balaban J connectivity index is 1.20. The highest BCUT2D eigenvalue weighted by Gasteiger charge is 2.32. The molecule has 12 aromatic rings. The van der Waals surface area contributed by atoms with Gasteiger partial charge in [0.15, 0.2) is 0 Å². The molecule has 0 aliphatic rings. The highest BCUT2D eigenvalue weighted by molar-refractivity contribution is 6.13. The van der Waals surface area contributed by atoms with Crippen molar-refractivity contribution in [2.75, 3.05) is 0 Å². The molecular weight excluding hydrogens is 950 g/mol. The van der Waals surface area contributed by atoms with E-state index in [1.165, 1.54) is 6.07 Å². The third kappa shape index (κ3) is 7.99. The minimum Gasteiger partial charge on any atom is -0.307 e. The molecule has 3 heterocycles. The van der Waals surface area contributed by atoms with Crippen molar-refractivity contribution in [2.24, 2.45) is 0 Å². The molecule has 0 aliphatic carbocycles. The minimum atomic E-state index is -4.81. The second-order valence-corrected chi connectivity index (χ2v) is 18.3. The van der Waals surface area contributed by atoms with Crippen LogP contribution in [0.15, 0.2) is 200 Å². The van der Waals surface area contributed by atoms with Crippen molar-refractivity contribution in [1.82, 2.24) is 14.1 Å². The number of halogens is 3. The quantitative estimate of drug-likeness (QED) is 0.156. The van der Waals surface area contributed by atoms with E-state index >= 15 is 13.2 Å². The smallest absolute Gasteiger partial charge is 0.307 e. The predicted octanol–water partition coefficient (Wildman–Crippen LogP) is 16.0. The standard InChI is InChI=1S/C65H33F3N8/c66-65(67,68)53-26-43(37-73)25-52(27-53)58-32-64(76-61-30-50(46-11-3-7-41(23-46)35-71)15-19-56(61)57-20-16-51(31-62(57)76)47-12-4-8-42(24-47)36-72)74-38-63(58)75-59-28-48(44-9-1-5-39(21-44)33-69)13-17-54(59)55-18-14-49(29-60(55)75)45-10-2-6-40(22-45)34-70/h1-32,38H. The molecule has 0 N–H and O–H groups in total. The predicted molar refractivity (Wildman–Crippen MR) is 289 cm³/mol. The number of hydrogen-bond donors (Lipinski definition) is 0. The second kappa shape index (κ2) is 18.2. The van der Waals surface area contributed by atoms with Crippen molar-refractivity contribution >= 4 is 43.6 Å². The lowest BCUT2D eigenvalue weighted by Crippen LogP contribution is -2.07. The maximum absolute atomic E-state index is 15.0. The lowest BCUT2D eigenvalue weighted by molar-refractivity contribution is -0.137. The number of pyridine rings is 1. The van der Waals surface area contributed by atoms with Gasteiger partial charge in [0.05, 0.1) is 97.7 Å². The van der Waals surface area contributed by atoms with Gasteiger partial charge in [0, 0.05) is 27.1 Å². The number of rotatable bonds is 7. The molecule has 0 unspecified atom stereocenters. The summed E-state index contributed by atoms with van der Waals surface area (Å²) < 4.78 is 49.0. The van der Waals surface area contributed by atoms with E-state index in [1.807, 2.05) is 149 Å². The highest BCUT2D eigenvalue weighted by Crippen LogP contribution is 2.43. The molecular formula is C65H33F3N8. The summed E-state index contributed by atoms with van der Waals surface area (Å²) in [5, 5.41) is 53.1. The molecule has 0 saturated carbocycles. The molecule has 0 aliphatic heterocycles. The first kappa shape index (κ1) is 46.1. The molecule has 0 radical (unpaired) electrons. The van der Waals surface area contributed by atoms with E-state index in [9.17, 15) is 26.3 Å². The minimum absolute atomic E-state index is 0.111. The van der Waals surface area contributed by atoms with Gasteiger partial charge >= 0.3 is 6.18 Å². The maximum Gasteiger partial charge on any atom is 0.416 e. The number of hydrogen-bond acceptors (Lipinski definition) is 6. The van der Waals surface area contributed by atoms with E-state index in [0.717, 1.165) is 89.2 Å². The Morgan fingerprint density at radius 3 is 1.04 bits per heavy atom. The van der Waals surface area contributed by atoms with Gasteiger partial charge in [-0.25, -0.2) is 4.98 Å². The van der Waals surface area contributed by atoms with Crippen molar-refractivity contribution in [3.05, 3.63) is 234 Å². The number of benzene rings is 9. The molecule has 0 amide bonds. The van der Waals surface area contributed by atoms with E-state index in [2.05, 4.69) is 24.3 Å². The van der Waals surface area contributed by atoms with Gasteiger partial charge in [0.1, 0.15) is 5.82 Å². The van der Waals surface area contributed by atoms with Crippen LogP contribution in [-0.2, 0) is 6.18 Å². The monoisotopic (exact) mass is 982 g/mol. The van der Waals surface area contributed by atoms with Crippen LogP contribution in [-0.4, -0.2) is 14.1 Å². The van der Waals surface area contributed by atoms with E-state index in [-0.39, 0.29) is 11.1 Å². The van der Waals surface area contributed by atoms with Crippen molar-refractivity contribution in [3.63, 3.8) is 0 Å². The average Bonchev–Trinajstić information content (AvgIpc) is 4.06. The fourth-order valence-corrected chi connectivity index (χ4v) is 10.3. The lowest BCUT2D eigenvalue weighted by atomic mass is 9.98. The molecule has 11 heteroatoms. The fourth-order valence-electron chi connectivity index (χ4n) is 10.3. The Labute approximate surface area is 432 Å². The molecule has 354 valence electrons. The van der Waals surface area contributed by atoms with Gasteiger partial charge in [-0.2, -0.15) is 39.5 Å². The van der Waals surface area contributed by atoms with Crippen molar-refractivity contribution in [2.45, 2.75) is 6.18 Å². The largest absolute Gasteiger partial charge is 0.416 e. The lowest BCUT2D eigenvalue weighted by Gasteiger charge is -2.18. The van der Waals surface area contributed by atoms with Crippen LogP contribution in [0.25, 0.3) is 111 Å². The van der Waals surface area contributed by atoms with Gasteiger partial charge in [0.2, 0.25) is 0 Å². The first-order valence-corrected chi connectivity index (χ1v) is 23.8. The highest BCUT2D eigenvalue weighted by atomic mass is 19.4. The Kier molecular flexibility index (Phi) is 11.0. The third-order valence-corrected chi connectivity index (χ3v) is 13.9. The Bertz CT molecular complexity index is 4430. The molecule has 3 aromatic heterocycles. The Morgan fingerprint density at radius 1 is 0.342 bits per heavy atom. The van der Waals surface area contributed by atoms with E-state index in [4.69, 9.17) is 4.98 Å². The molecule has 0 saturated heterocycles. The van der Waals surface area contributed by atoms with Crippen LogP contribution >= 0.6 is 0 Å². The molecule has 12 rings (SSSR count). The molecule has 0 fully saturated rings. The first-order chi connectivity index (χ1) is 37.0.